The average Bonchev–Trinajstić information content (AvgIpc) is 2.89. The fraction of sp³-hybridized carbons (Fsp3) is 0.600. The maximum atomic E-state index is 11.4. The first-order chi connectivity index (χ1) is 9.49. The molecule has 1 aliphatic rings. The lowest BCUT2D eigenvalue weighted by Gasteiger charge is -2.30. The first kappa shape index (κ1) is 13.6. The van der Waals surface area contributed by atoms with Gasteiger partial charge in [0.15, 0.2) is 0 Å². The van der Waals surface area contributed by atoms with Crippen molar-refractivity contribution in [2.45, 2.75) is 46.5 Å². The molecule has 0 spiro atoms. The molecule has 0 saturated carbocycles. The molecule has 0 aliphatic carbocycles. The van der Waals surface area contributed by atoms with E-state index in [0.29, 0.717) is 5.92 Å². The van der Waals surface area contributed by atoms with E-state index in [4.69, 9.17) is 4.98 Å². The standard InChI is InChI=1S/C15H21N3OS/c1-9-10(2)20-15-14(16-11(3)18(9)15)13-5-7-17(8-6-13)12(4)19/h13H,5-8H2,1-4H3. The Morgan fingerprint density at radius 3 is 2.50 bits per heavy atom. The molecular weight excluding hydrogens is 270 g/mol. The van der Waals surface area contributed by atoms with Crippen LogP contribution in [-0.4, -0.2) is 33.3 Å². The fourth-order valence-corrected chi connectivity index (χ4v) is 4.34. The largest absolute Gasteiger partial charge is 0.343 e. The lowest BCUT2D eigenvalue weighted by molar-refractivity contribution is -0.129. The molecule has 2 aromatic rings. The Bertz CT molecular complexity index is 662. The van der Waals surface area contributed by atoms with E-state index < -0.39 is 0 Å². The van der Waals surface area contributed by atoms with Crippen LogP contribution in [0.3, 0.4) is 0 Å². The highest BCUT2D eigenvalue weighted by Crippen LogP contribution is 2.35. The summed E-state index contributed by atoms with van der Waals surface area (Å²) in [5.41, 5.74) is 2.55. The van der Waals surface area contributed by atoms with Gasteiger partial charge in [0.25, 0.3) is 0 Å². The van der Waals surface area contributed by atoms with Gasteiger partial charge in [-0.3, -0.25) is 9.20 Å². The number of carbonyl (C=O) groups is 1. The van der Waals surface area contributed by atoms with E-state index in [9.17, 15) is 4.79 Å². The molecule has 2 aromatic heterocycles. The number of aryl methyl sites for hydroxylation is 3. The van der Waals surface area contributed by atoms with E-state index in [-0.39, 0.29) is 5.91 Å². The highest BCUT2D eigenvalue weighted by atomic mass is 32.1. The van der Waals surface area contributed by atoms with Gasteiger partial charge in [-0.1, -0.05) is 0 Å². The molecule has 1 saturated heterocycles. The van der Waals surface area contributed by atoms with E-state index in [1.165, 1.54) is 21.1 Å². The van der Waals surface area contributed by atoms with Gasteiger partial charge in [-0.15, -0.1) is 11.3 Å². The normalized spacial score (nSPS) is 17.1. The Morgan fingerprint density at radius 1 is 1.25 bits per heavy atom. The Hall–Kier alpha value is -1.36. The minimum absolute atomic E-state index is 0.192. The van der Waals surface area contributed by atoms with Crippen molar-refractivity contribution in [3.8, 4) is 0 Å². The first-order valence-corrected chi connectivity index (χ1v) is 8.01. The van der Waals surface area contributed by atoms with E-state index in [0.717, 1.165) is 31.8 Å². The van der Waals surface area contributed by atoms with Gasteiger partial charge >= 0.3 is 0 Å². The number of fused-ring (bicyclic) bond motifs is 1. The molecule has 0 atom stereocenters. The molecule has 3 rings (SSSR count). The fourth-order valence-electron chi connectivity index (χ4n) is 3.14. The molecule has 108 valence electrons. The second-order valence-electron chi connectivity index (χ2n) is 5.71. The van der Waals surface area contributed by atoms with Gasteiger partial charge in [0.05, 0.1) is 5.69 Å². The zero-order chi connectivity index (χ0) is 14.4. The van der Waals surface area contributed by atoms with Gasteiger partial charge in [-0.05, 0) is 33.6 Å². The molecule has 1 fully saturated rings. The minimum Gasteiger partial charge on any atom is -0.343 e. The smallest absolute Gasteiger partial charge is 0.219 e. The zero-order valence-corrected chi connectivity index (χ0v) is 13.4. The van der Waals surface area contributed by atoms with Crippen molar-refractivity contribution in [3.63, 3.8) is 0 Å². The van der Waals surface area contributed by atoms with Crippen LogP contribution in [0.25, 0.3) is 4.83 Å². The predicted molar refractivity (Wildman–Crippen MR) is 81.5 cm³/mol. The quantitative estimate of drug-likeness (QED) is 0.810. The van der Waals surface area contributed by atoms with Crippen LogP contribution in [0.5, 0.6) is 0 Å². The van der Waals surface area contributed by atoms with Crippen molar-refractivity contribution in [1.82, 2.24) is 14.3 Å². The summed E-state index contributed by atoms with van der Waals surface area (Å²) in [4.78, 5) is 20.8. The number of rotatable bonds is 1. The van der Waals surface area contributed by atoms with Gasteiger partial charge in [-0.25, -0.2) is 4.98 Å². The van der Waals surface area contributed by atoms with Gasteiger partial charge in [0.1, 0.15) is 10.7 Å². The number of nitrogens with zero attached hydrogens (tertiary/aromatic N) is 3. The summed E-state index contributed by atoms with van der Waals surface area (Å²) >= 11 is 1.85. The van der Waals surface area contributed by atoms with Crippen molar-refractivity contribution in [2.24, 2.45) is 0 Å². The molecule has 0 radical (unpaired) electrons. The topological polar surface area (TPSA) is 37.6 Å². The third-order valence-electron chi connectivity index (χ3n) is 4.45. The highest BCUT2D eigenvalue weighted by molar-refractivity contribution is 7.17. The van der Waals surface area contributed by atoms with E-state index >= 15 is 0 Å². The van der Waals surface area contributed by atoms with E-state index in [1.54, 1.807) is 6.92 Å². The third kappa shape index (κ3) is 2.04. The average molecular weight is 291 g/mol. The lowest BCUT2D eigenvalue weighted by atomic mass is 9.94. The van der Waals surface area contributed by atoms with Crippen LogP contribution < -0.4 is 0 Å². The summed E-state index contributed by atoms with van der Waals surface area (Å²) < 4.78 is 2.28. The SMILES string of the molecule is CC(=O)N1CCC(c2nc(C)n3c(C)c(C)sc23)CC1. The predicted octanol–water partition coefficient (Wildman–Crippen LogP) is 3.05. The maximum absolute atomic E-state index is 11.4. The summed E-state index contributed by atoms with van der Waals surface area (Å²) in [6.45, 7) is 9.80. The van der Waals surface area contributed by atoms with Gasteiger partial charge in [0, 0.05) is 36.5 Å². The van der Waals surface area contributed by atoms with E-state index in [2.05, 4.69) is 25.2 Å². The number of hydrogen-bond donors (Lipinski definition) is 0. The molecule has 5 heteroatoms. The molecular formula is C15H21N3OS. The zero-order valence-electron chi connectivity index (χ0n) is 12.6. The first-order valence-electron chi connectivity index (χ1n) is 7.19. The van der Waals surface area contributed by atoms with Crippen LogP contribution in [0.15, 0.2) is 0 Å². The number of likely N-dealkylation sites (tertiary alicyclic amines) is 1. The molecule has 1 aliphatic heterocycles. The molecule has 4 nitrogen and oxygen atoms in total. The Balaban J connectivity index is 1.92. The Morgan fingerprint density at radius 2 is 1.90 bits per heavy atom. The van der Waals surface area contributed by atoms with Crippen molar-refractivity contribution in [2.75, 3.05) is 13.1 Å². The number of piperidine rings is 1. The molecule has 3 heterocycles. The molecule has 0 N–H and O–H groups in total. The van der Waals surface area contributed by atoms with Crippen molar-refractivity contribution in [3.05, 3.63) is 22.1 Å². The molecule has 1 amide bonds. The van der Waals surface area contributed by atoms with Crippen LogP contribution in [0, 0.1) is 20.8 Å². The molecule has 0 unspecified atom stereocenters. The number of imidazole rings is 1. The Labute approximate surface area is 123 Å². The monoisotopic (exact) mass is 291 g/mol. The molecule has 20 heavy (non-hydrogen) atoms. The summed E-state index contributed by atoms with van der Waals surface area (Å²) in [5, 5.41) is 0. The van der Waals surface area contributed by atoms with E-state index in [1.807, 2.05) is 16.2 Å². The number of amides is 1. The number of aromatic nitrogens is 2. The van der Waals surface area contributed by atoms with Gasteiger partial charge in [-0.2, -0.15) is 0 Å². The summed E-state index contributed by atoms with van der Waals surface area (Å²) in [6.07, 6.45) is 2.06. The minimum atomic E-state index is 0.192. The van der Waals surface area contributed by atoms with Crippen molar-refractivity contribution in [1.29, 1.82) is 0 Å². The molecule has 0 bridgehead atoms. The van der Waals surface area contributed by atoms with Crippen molar-refractivity contribution >= 4 is 22.1 Å². The Kier molecular flexibility index (Phi) is 3.32. The van der Waals surface area contributed by atoms with Crippen LogP contribution >= 0.6 is 11.3 Å². The third-order valence-corrected chi connectivity index (χ3v) is 5.64. The van der Waals surface area contributed by atoms with Gasteiger partial charge in [0.2, 0.25) is 5.91 Å². The lowest BCUT2D eigenvalue weighted by Crippen LogP contribution is -2.36. The van der Waals surface area contributed by atoms with Crippen LogP contribution in [-0.2, 0) is 4.79 Å². The summed E-state index contributed by atoms with van der Waals surface area (Å²) in [7, 11) is 0. The second kappa shape index (κ2) is 4.88. The van der Waals surface area contributed by atoms with Gasteiger partial charge < -0.3 is 4.90 Å². The molecule has 0 aromatic carbocycles. The number of hydrogen-bond acceptors (Lipinski definition) is 3. The van der Waals surface area contributed by atoms with Crippen LogP contribution in [0.4, 0.5) is 0 Å². The second-order valence-corrected chi connectivity index (χ2v) is 6.91. The van der Waals surface area contributed by atoms with Crippen molar-refractivity contribution < 1.29 is 4.79 Å². The summed E-state index contributed by atoms with van der Waals surface area (Å²) in [6, 6.07) is 0. The number of thiazole rings is 1. The van der Waals surface area contributed by atoms with Crippen LogP contribution in [0.1, 0.15) is 47.8 Å². The van der Waals surface area contributed by atoms with Crippen LogP contribution in [0.2, 0.25) is 0 Å². The summed E-state index contributed by atoms with van der Waals surface area (Å²) in [5.74, 6) is 1.77. The maximum Gasteiger partial charge on any atom is 0.219 e. The number of carbonyl (C=O) groups excluding carboxylic acids is 1. The highest BCUT2D eigenvalue weighted by Gasteiger charge is 2.27.